The van der Waals surface area contributed by atoms with Gasteiger partial charge in [-0.15, -0.1) is 0 Å². The molecule has 0 heterocycles. The van der Waals surface area contributed by atoms with Crippen molar-refractivity contribution in [1.82, 2.24) is 5.32 Å². The maximum atomic E-state index is 13.1. The topological polar surface area (TPSA) is 95.9 Å². The van der Waals surface area contributed by atoms with Crippen molar-refractivity contribution >= 4 is 11.9 Å². The molecule has 1 amide bonds. The zero-order valence-corrected chi connectivity index (χ0v) is 36.8. The Balaban J connectivity index is 4.60. The van der Waals surface area contributed by atoms with Crippen molar-refractivity contribution in [1.29, 1.82) is 0 Å². The molecule has 0 spiro atoms. The number of aliphatic hydroxyl groups is 2. The molecule has 0 bridgehead atoms. The van der Waals surface area contributed by atoms with E-state index < -0.39 is 18.2 Å². The smallest absolute Gasteiger partial charge is 0.306 e. The summed E-state index contributed by atoms with van der Waals surface area (Å²) in [6.45, 7) is 6.43. The van der Waals surface area contributed by atoms with E-state index in [4.69, 9.17) is 4.74 Å². The molecule has 3 N–H and O–H groups in total. The molecule has 0 rings (SSSR count). The van der Waals surface area contributed by atoms with E-state index in [0.29, 0.717) is 19.3 Å². The van der Waals surface area contributed by atoms with Crippen LogP contribution in [0.15, 0.2) is 24.3 Å². The predicted octanol–water partition coefficient (Wildman–Crippen LogP) is 14.0. The third-order valence-corrected chi connectivity index (χ3v) is 11.0. The van der Waals surface area contributed by atoms with E-state index in [9.17, 15) is 19.8 Å². The predicted molar refractivity (Wildman–Crippen MR) is 236 cm³/mol. The zero-order valence-electron chi connectivity index (χ0n) is 36.8. The fraction of sp³-hybridized carbons (Fsp3) is 0.878. The molecule has 6 nitrogen and oxygen atoms in total. The number of unbranched alkanes of at least 4 members (excludes halogenated alkanes) is 27. The van der Waals surface area contributed by atoms with Crippen LogP contribution in [0.3, 0.4) is 0 Å². The second-order valence-electron chi connectivity index (χ2n) is 16.5. The van der Waals surface area contributed by atoms with Crippen LogP contribution in [0.4, 0.5) is 0 Å². The lowest BCUT2D eigenvalue weighted by Crippen LogP contribution is -2.46. The molecular weight excluding hydrogens is 683 g/mol. The van der Waals surface area contributed by atoms with Gasteiger partial charge in [0.2, 0.25) is 5.91 Å². The SMILES string of the molecule is CCCCC/C=C\CCCCCCCC(=O)OC(CCCCCCC/C=C/CCCCCCCC)CC(=O)NC(CO)C(O)CCCCCCCCCCC. The van der Waals surface area contributed by atoms with Gasteiger partial charge in [-0.05, 0) is 77.0 Å². The summed E-state index contributed by atoms with van der Waals surface area (Å²) in [4.78, 5) is 26.0. The number of hydrogen-bond donors (Lipinski definition) is 3. The summed E-state index contributed by atoms with van der Waals surface area (Å²) in [5.41, 5.74) is 0. The number of rotatable bonds is 43. The van der Waals surface area contributed by atoms with Crippen molar-refractivity contribution in [2.45, 2.75) is 270 Å². The number of carbonyl (C=O) groups is 2. The monoisotopic (exact) mass is 776 g/mol. The van der Waals surface area contributed by atoms with Crippen LogP contribution in [0, 0.1) is 0 Å². The minimum atomic E-state index is -0.785. The molecule has 0 saturated heterocycles. The van der Waals surface area contributed by atoms with Crippen LogP contribution in [-0.2, 0) is 14.3 Å². The molecular formula is C49H93NO5. The molecule has 0 aliphatic rings. The van der Waals surface area contributed by atoms with Crippen LogP contribution in [0.5, 0.6) is 0 Å². The summed E-state index contributed by atoms with van der Waals surface area (Å²) in [6.07, 6.45) is 48.1. The highest BCUT2D eigenvalue weighted by molar-refractivity contribution is 5.77. The fourth-order valence-electron chi connectivity index (χ4n) is 7.30. The van der Waals surface area contributed by atoms with Gasteiger partial charge in [0.1, 0.15) is 6.10 Å². The summed E-state index contributed by atoms with van der Waals surface area (Å²) in [7, 11) is 0. The van der Waals surface area contributed by atoms with Gasteiger partial charge in [0.25, 0.3) is 0 Å². The number of carbonyl (C=O) groups excluding carboxylic acids is 2. The van der Waals surface area contributed by atoms with E-state index in [1.54, 1.807) is 0 Å². The quantitative estimate of drug-likeness (QED) is 0.0326. The third-order valence-electron chi connectivity index (χ3n) is 11.0. The van der Waals surface area contributed by atoms with Crippen molar-refractivity contribution in [3.8, 4) is 0 Å². The molecule has 55 heavy (non-hydrogen) atoms. The maximum Gasteiger partial charge on any atom is 0.306 e. The minimum absolute atomic E-state index is 0.0718. The highest BCUT2D eigenvalue weighted by Crippen LogP contribution is 2.17. The van der Waals surface area contributed by atoms with Gasteiger partial charge in [0, 0.05) is 6.42 Å². The van der Waals surface area contributed by atoms with E-state index in [2.05, 4.69) is 50.4 Å². The fourth-order valence-corrected chi connectivity index (χ4v) is 7.30. The largest absolute Gasteiger partial charge is 0.462 e. The van der Waals surface area contributed by atoms with E-state index in [1.165, 1.54) is 135 Å². The van der Waals surface area contributed by atoms with Crippen molar-refractivity contribution in [3.63, 3.8) is 0 Å². The average molecular weight is 776 g/mol. The summed E-state index contributed by atoms with van der Waals surface area (Å²) in [5, 5.41) is 23.6. The van der Waals surface area contributed by atoms with Crippen LogP contribution in [0.1, 0.15) is 252 Å². The second kappa shape index (κ2) is 43.5. The van der Waals surface area contributed by atoms with E-state index in [0.717, 1.165) is 70.6 Å². The molecule has 6 heteroatoms. The van der Waals surface area contributed by atoms with Crippen LogP contribution in [0.2, 0.25) is 0 Å². The Morgan fingerprint density at radius 2 is 0.873 bits per heavy atom. The molecule has 0 fully saturated rings. The molecule has 324 valence electrons. The summed E-state index contributed by atoms with van der Waals surface area (Å²) >= 11 is 0. The molecule has 3 unspecified atom stereocenters. The Bertz CT molecular complexity index is 873. The summed E-state index contributed by atoms with van der Waals surface area (Å²) in [6, 6.07) is -0.700. The van der Waals surface area contributed by atoms with Gasteiger partial charge in [-0.1, -0.05) is 186 Å². The van der Waals surface area contributed by atoms with Crippen LogP contribution >= 0.6 is 0 Å². The lowest BCUT2D eigenvalue weighted by Gasteiger charge is -2.24. The molecule has 0 aromatic heterocycles. The number of esters is 1. The molecule has 3 atom stereocenters. The first kappa shape index (κ1) is 53.3. The maximum absolute atomic E-state index is 13.1. The first-order chi connectivity index (χ1) is 27.0. The summed E-state index contributed by atoms with van der Waals surface area (Å²) in [5.74, 6) is -0.486. The van der Waals surface area contributed by atoms with E-state index in [-0.39, 0.29) is 24.9 Å². The van der Waals surface area contributed by atoms with E-state index >= 15 is 0 Å². The van der Waals surface area contributed by atoms with Crippen LogP contribution < -0.4 is 5.32 Å². The Morgan fingerprint density at radius 3 is 1.33 bits per heavy atom. The van der Waals surface area contributed by atoms with E-state index in [1.807, 2.05) is 0 Å². The lowest BCUT2D eigenvalue weighted by atomic mass is 10.0. The van der Waals surface area contributed by atoms with Crippen molar-refractivity contribution < 1.29 is 24.5 Å². The first-order valence-corrected chi connectivity index (χ1v) is 24.1. The van der Waals surface area contributed by atoms with Gasteiger partial charge in [-0.2, -0.15) is 0 Å². The number of allylic oxidation sites excluding steroid dienone is 4. The second-order valence-corrected chi connectivity index (χ2v) is 16.5. The van der Waals surface area contributed by atoms with Gasteiger partial charge >= 0.3 is 5.97 Å². The Morgan fingerprint density at radius 1 is 0.509 bits per heavy atom. The van der Waals surface area contributed by atoms with Crippen molar-refractivity contribution in [3.05, 3.63) is 24.3 Å². The third kappa shape index (κ3) is 39.0. The Hall–Kier alpha value is -1.66. The standard InChI is InChI=1S/C49H93NO5/c1-4-7-10-13-16-19-21-23-24-25-26-29-31-34-37-40-45(55-49(54)42-39-36-33-30-27-22-20-17-14-11-8-5-2)43-48(53)50-46(44-51)47(52)41-38-35-32-28-18-15-12-9-6-3/h17,20,23-24,45-47,51-52H,4-16,18-19,21-22,25-44H2,1-3H3,(H,50,53)/b20-17-,24-23+. The minimum Gasteiger partial charge on any atom is -0.462 e. The normalized spacial score (nSPS) is 13.5. The molecule has 0 aromatic carbocycles. The molecule has 0 radical (unpaired) electrons. The Kier molecular flexibility index (Phi) is 42.2. The zero-order chi connectivity index (χ0) is 40.3. The van der Waals surface area contributed by atoms with Gasteiger partial charge < -0.3 is 20.3 Å². The first-order valence-electron chi connectivity index (χ1n) is 24.1. The lowest BCUT2D eigenvalue weighted by molar-refractivity contribution is -0.151. The average Bonchev–Trinajstić information content (AvgIpc) is 3.18. The number of ether oxygens (including phenoxy) is 1. The van der Waals surface area contributed by atoms with Crippen molar-refractivity contribution in [2.75, 3.05) is 6.61 Å². The van der Waals surface area contributed by atoms with Crippen LogP contribution in [-0.4, -0.2) is 46.9 Å². The molecule has 0 aliphatic heterocycles. The highest BCUT2D eigenvalue weighted by Gasteiger charge is 2.24. The van der Waals surface area contributed by atoms with Gasteiger partial charge in [0.05, 0.1) is 25.2 Å². The number of amides is 1. The summed E-state index contributed by atoms with van der Waals surface area (Å²) < 4.78 is 5.91. The Labute approximate surface area is 341 Å². The van der Waals surface area contributed by atoms with Gasteiger partial charge in [-0.25, -0.2) is 0 Å². The molecule has 0 aromatic rings. The number of hydrogen-bond acceptors (Lipinski definition) is 5. The molecule has 0 saturated carbocycles. The van der Waals surface area contributed by atoms with Crippen molar-refractivity contribution in [2.24, 2.45) is 0 Å². The van der Waals surface area contributed by atoms with Crippen LogP contribution in [0.25, 0.3) is 0 Å². The van der Waals surface area contributed by atoms with Gasteiger partial charge in [-0.3, -0.25) is 9.59 Å². The number of nitrogens with one attached hydrogen (secondary N) is 1. The molecule has 0 aliphatic carbocycles. The van der Waals surface area contributed by atoms with Gasteiger partial charge in [0.15, 0.2) is 0 Å². The highest BCUT2D eigenvalue weighted by atomic mass is 16.5. The number of aliphatic hydroxyl groups excluding tert-OH is 2.